The lowest BCUT2D eigenvalue weighted by molar-refractivity contribution is -0.470. The summed E-state index contributed by atoms with van der Waals surface area (Å²) in [6.07, 6.45) is 4.27. The van der Waals surface area contributed by atoms with E-state index in [2.05, 4.69) is 20.8 Å². The lowest BCUT2D eigenvalue weighted by atomic mass is 9.89. The molecule has 2 N–H and O–H groups in total. The second-order valence-corrected chi connectivity index (χ2v) is 6.64. The zero-order chi connectivity index (χ0) is 16.3. The third kappa shape index (κ3) is 16.7. The molecule has 120 valence electrons. The number of aliphatic carboxylic acids is 1. The summed E-state index contributed by atoms with van der Waals surface area (Å²) in [6.45, 7) is 6.60. The minimum absolute atomic E-state index is 0.212. The van der Waals surface area contributed by atoms with Gasteiger partial charge in [0.05, 0.1) is 28.2 Å². The van der Waals surface area contributed by atoms with Crippen molar-refractivity contribution >= 4 is 11.9 Å². The molecule has 5 heteroatoms. The summed E-state index contributed by atoms with van der Waals surface area (Å²) >= 11 is 0. The van der Waals surface area contributed by atoms with Crippen molar-refractivity contribution < 1.29 is 14.5 Å². The van der Waals surface area contributed by atoms with Gasteiger partial charge in [-0.05, 0) is 24.7 Å². The highest BCUT2D eigenvalue weighted by Crippen LogP contribution is 2.22. The minimum atomic E-state index is -0.925. The molecule has 20 heavy (non-hydrogen) atoms. The highest BCUT2D eigenvalue weighted by Gasteiger charge is 2.08. The molecule has 0 aromatic carbocycles. The number of rotatable bonds is 5. The highest BCUT2D eigenvalue weighted by molar-refractivity contribution is 5.72. The number of carboxylic acid groups (broad SMARTS) is 1. The maximum absolute atomic E-state index is 10.0. The van der Waals surface area contributed by atoms with E-state index in [-0.39, 0.29) is 6.42 Å². The second-order valence-electron chi connectivity index (χ2n) is 6.64. The Kier molecular flexibility index (Phi) is 11.1. The molecule has 0 saturated carbocycles. The van der Waals surface area contributed by atoms with E-state index in [0.29, 0.717) is 5.41 Å². The molecule has 0 saturated heterocycles. The first-order chi connectivity index (χ1) is 8.97. The first kappa shape index (κ1) is 21.0. The number of carbonyl (C=O) groups excluding carboxylic acids is 1. The van der Waals surface area contributed by atoms with Crippen LogP contribution >= 0.6 is 0 Å². The summed E-state index contributed by atoms with van der Waals surface area (Å²) < 4.78 is 1.86. The van der Waals surface area contributed by atoms with Crippen molar-refractivity contribution in [1.82, 2.24) is 4.90 Å². The third-order valence-electron chi connectivity index (χ3n) is 2.72. The zero-order valence-corrected chi connectivity index (χ0v) is 14.3. The molecule has 0 aliphatic rings. The number of hydrogen-bond donors (Lipinski definition) is 1. The molecule has 0 spiro atoms. The molecule has 0 rings (SSSR count). The fourth-order valence-electron chi connectivity index (χ4n) is 1.50. The lowest BCUT2D eigenvalue weighted by Crippen LogP contribution is -2.36. The summed E-state index contributed by atoms with van der Waals surface area (Å²) in [4.78, 5) is 11.9. The topological polar surface area (TPSA) is 72.4 Å². The van der Waals surface area contributed by atoms with Crippen LogP contribution in [-0.2, 0) is 4.79 Å². The Morgan fingerprint density at radius 1 is 1.15 bits per heavy atom. The van der Waals surface area contributed by atoms with Crippen LogP contribution in [0.3, 0.4) is 0 Å². The Bertz CT molecular complexity index is 301. The van der Waals surface area contributed by atoms with Crippen molar-refractivity contribution in [2.75, 3.05) is 28.2 Å². The predicted octanol–water partition coefficient (Wildman–Crippen LogP) is 0.868. The number of unbranched alkanes of at least 4 members (excludes halogenated alkanes) is 2. The molecular weight excluding hydrogens is 254 g/mol. The number of nitrogens with two attached hydrogens (primary N) is 1. The summed E-state index contributed by atoms with van der Waals surface area (Å²) in [5.74, 6) is -0.157. The van der Waals surface area contributed by atoms with Gasteiger partial charge in [0.2, 0.25) is 0 Å². The van der Waals surface area contributed by atoms with Gasteiger partial charge in [0.1, 0.15) is 0 Å². The van der Waals surface area contributed by atoms with Crippen LogP contribution in [0.15, 0.2) is 0 Å². The van der Waals surface area contributed by atoms with Crippen LogP contribution in [0.25, 0.3) is 0 Å². The Hall–Kier alpha value is -1.26. The molecule has 0 bridgehead atoms. The van der Waals surface area contributed by atoms with Gasteiger partial charge in [-0.1, -0.05) is 33.6 Å². The van der Waals surface area contributed by atoms with Crippen LogP contribution in [0.2, 0.25) is 0 Å². The second kappa shape index (κ2) is 10.5. The molecule has 0 amide bonds. The number of carbonyl (C=O) groups is 1. The van der Waals surface area contributed by atoms with Crippen LogP contribution in [-0.4, -0.2) is 49.6 Å². The van der Waals surface area contributed by atoms with E-state index >= 15 is 0 Å². The van der Waals surface area contributed by atoms with Gasteiger partial charge in [-0.15, -0.1) is 0 Å². The summed E-state index contributed by atoms with van der Waals surface area (Å²) in [6, 6.07) is 0. The molecule has 0 fully saturated rings. The monoisotopic (exact) mass is 287 g/mol. The Morgan fingerprint density at radius 3 is 1.90 bits per heavy atom. The van der Waals surface area contributed by atoms with Crippen molar-refractivity contribution in [1.29, 1.82) is 0 Å². The molecule has 0 unspecified atom stereocenters. The van der Waals surface area contributed by atoms with Crippen molar-refractivity contribution in [2.45, 2.75) is 52.9 Å². The maximum Gasteiger partial charge on any atom is 0.344 e. The van der Waals surface area contributed by atoms with Gasteiger partial charge < -0.3 is 9.90 Å². The molecule has 0 aliphatic heterocycles. The Balaban J connectivity index is 0. The number of hydrogen-bond acceptors (Lipinski definition) is 2. The van der Waals surface area contributed by atoms with Gasteiger partial charge in [0.25, 0.3) is 0 Å². The fourth-order valence-corrected chi connectivity index (χ4v) is 1.50. The number of nitrogens with zero attached hydrogens (tertiary/aromatic N) is 2. The standard InChI is InChI=1S/C10H20O2.C5H13N3/c1-10(2,3)8-6-4-5-7-9(11)12;1-7(2)5(6)8(3)4/h4-8H2,1-3H3,(H,11,12);6H,1-4H3. The van der Waals surface area contributed by atoms with E-state index in [1.165, 1.54) is 6.42 Å². The van der Waals surface area contributed by atoms with E-state index in [0.717, 1.165) is 25.2 Å². The molecule has 0 radical (unpaired) electrons. The molecule has 5 nitrogen and oxygen atoms in total. The summed E-state index contributed by atoms with van der Waals surface area (Å²) in [7, 11) is 7.65. The predicted molar refractivity (Wildman–Crippen MR) is 82.5 cm³/mol. The SMILES string of the molecule is CC(C)(C)CCCCCC(=O)[O-].CN(C)C(N)=[N+](C)C. The van der Waals surface area contributed by atoms with Crippen molar-refractivity contribution in [2.24, 2.45) is 11.1 Å². The van der Waals surface area contributed by atoms with E-state index in [4.69, 9.17) is 5.73 Å². The first-order valence-electron chi connectivity index (χ1n) is 7.14. The molecule has 0 aromatic rings. The van der Waals surface area contributed by atoms with E-state index in [1.807, 2.05) is 37.7 Å². The Labute approximate surface area is 124 Å². The van der Waals surface area contributed by atoms with E-state index in [1.54, 1.807) is 0 Å². The summed E-state index contributed by atoms with van der Waals surface area (Å²) in [5.41, 5.74) is 5.90. The third-order valence-corrected chi connectivity index (χ3v) is 2.72. The average Bonchev–Trinajstić information content (AvgIpc) is 2.26. The average molecular weight is 287 g/mol. The normalized spacial score (nSPS) is 10.3. The quantitative estimate of drug-likeness (QED) is 0.352. The first-order valence-corrected chi connectivity index (χ1v) is 7.14. The fraction of sp³-hybridized carbons (Fsp3) is 0.867. The minimum Gasteiger partial charge on any atom is -0.550 e. The largest absolute Gasteiger partial charge is 0.550 e. The van der Waals surface area contributed by atoms with Crippen molar-refractivity contribution in [3.8, 4) is 0 Å². The van der Waals surface area contributed by atoms with Crippen molar-refractivity contribution in [3.05, 3.63) is 0 Å². The van der Waals surface area contributed by atoms with Gasteiger partial charge in [-0.3, -0.25) is 15.2 Å². The molecule has 0 aliphatic carbocycles. The molecule has 0 heterocycles. The maximum atomic E-state index is 10.0. The van der Waals surface area contributed by atoms with E-state index < -0.39 is 5.97 Å². The van der Waals surface area contributed by atoms with Gasteiger partial charge in [0.15, 0.2) is 0 Å². The molecule has 0 atom stereocenters. The number of guanidine groups is 1. The van der Waals surface area contributed by atoms with Crippen LogP contribution in [0, 0.1) is 5.41 Å². The van der Waals surface area contributed by atoms with Crippen LogP contribution in [0.1, 0.15) is 52.9 Å². The van der Waals surface area contributed by atoms with Crippen LogP contribution in [0.4, 0.5) is 0 Å². The van der Waals surface area contributed by atoms with Gasteiger partial charge >= 0.3 is 5.96 Å². The van der Waals surface area contributed by atoms with Crippen molar-refractivity contribution in [3.63, 3.8) is 0 Å². The zero-order valence-electron chi connectivity index (χ0n) is 14.3. The van der Waals surface area contributed by atoms with Gasteiger partial charge in [0, 0.05) is 5.97 Å². The highest BCUT2D eigenvalue weighted by atomic mass is 16.4. The lowest BCUT2D eigenvalue weighted by Gasteiger charge is -2.17. The molecular formula is C15H33N3O2. The van der Waals surface area contributed by atoms with Gasteiger partial charge in [-0.25, -0.2) is 0 Å². The van der Waals surface area contributed by atoms with Crippen LogP contribution in [0.5, 0.6) is 0 Å². The van der Waals surface area contributed by atoms with Crippen LogP contribution < -0.4 is 10.8 Å². The Morgan fingerprint density at radius 2 is 1.65 bits per heavy atom. The van der Waals surface area contributed by atoms with E-state index in [9.17, 15) is 9.90 Å². The molecule has 0 aromatic heterocycles. The smallest absolute Gasteiger partial charge is 0.344 e. The summed E-state index contributed by atoms with van der Waals surface area (Å²) in [5, 5.41) is 10.0. The number of carboxylic acids is 1. The van der Waals surface area contributed by atoms with Gasteiger partial charge in [-0.2, -0.15) is 0 Å².